The summed E-state index contributed by atoms with van der Waals surface area (Å²) in [5.74, 6) is 0.591. The van der Waals surface area contributed by atoms with Gasteiger partial charge in [-0.15, -0.1) is 0 Å². The van der Waals surface area contributed by atoms with Crippen LogP contribution in [0.4, 0.5) is 0 Å². The Bertz CT molecular complexity index is 530. The van der Waals surface area contributed by atoms with E-state index >= 15 is 0 Å². The lowest BCUT2D eigenvalue weighted by Crippen LogP contribution is -2.31. The SMILES string of the molecule is CCC(CNC)C(NC)c1c(C)[nH]c2ccccc12. The van der Waals surface area contributed by atoms with E-state index in [0.29, 0.717) is 12.0 Å². The van der Waals surface area contributed by atoms with Crippen LogP contribution in [0, 0.1) is 12.8 Å². The Kier molecular flexibility index (Phi) is 4.61. The third-order valence-electron chi connectivity index (χ3n) is 4.03. The molecule has 0 spiro atoms. The van der Waals surface area contributed by atoms with Crippen molar-refractivity contribution in [3.63, 3.8) is 0 Å². The van der Waals surface area contributed by atoms with Crippen LogP contribution in [0.2, 0.25) is 0 Å². The smallest absolute Gasteiger partial charge is 0.0459 e. The summed E-state index contributed by atoms with van der Waals surface area (Å²) in [4.78, 5) is 3.50. The second-order valence-electron chi connectivity index (χ2n) is 5.20. The number of hydrogen-bond donors (Lipinski definition) is 3. The zero-order valence-electron chi connectivity index (χ0n) is 12.4. The second-order valence-corrected chi connectivity index (χ2v) is 5.20. The minimum Gasteiger partial charge on any atom is -0.358 e. The molecular weight excluding hydrogens is 234 g/mol. The van der Waals surface area contributed by atoms with Crippen molar-refractivity contribution in [3.05, 3.63) is 35.5 Å². The molecule has 1 aromatic carbocycles. The maximum atomic E-state index is 3.51. The van der Waals surface area contributed by atoms with Gasteiger partial charge in [0.15, 0.2) is 0 Å². The summed E-state index contributed by atoms with van der Waals surface area (Å²) in [6.45, 7) is 5.46. The normalized spacial score (nSPS) is 14.7. The van der Waals surface area contributed by atoms with E-state index in [-0.39, 0.29) is 0 Å². The fraction of sp³-hybridized carbons (Fsp3) is 0.500. The number of aryl methyl sites for hydroxylation is 1. The number of nitrogens with one attached hydrogen (secondary N) is 3. The van der Waals surface area contributed by atoms with Crippen molar-refractivity contribution < 1.29 is 0 Å². The van der Waals surface area contributed by atoms with E-state index in [9.17, 15) is 0 Å². The van der Waals surface area contributed by atoms with Crippen molar-refractivity contribution in [2.75, 3.05) is 20.6 Å². The van der Waals surface area contributed by atoms with Gasteiger partial charge in [0.05, 0.1) is 0 Å². The minimum atomic E-state index is 0.383. The first kappa shape index (κ1) is 14.1. The van der Waals surface area contributed by atoms with Crippen LogP contribution in [0.15, 0.2) is 24.3 Å². The van der Waals surface area contributed by atoms with Gasteiger partial charge in [-0.25, -0.2) is 0 Å². The van der Waals surface area contributed by atoms with E-state index < -0.39 is 0 Å². The van der Waals surface area contributed by atoms with Crippen molar-refractivity contribution in [3.8, 4) is 0 Å². The number of hydrogen-bond acceptors (Lipinski definition) is 2. The summed E-state index contributed by atoms with van der Waals surface area (Å²) in [6.07, 6.45) is 1.16. The van der Waals surface area contributed by atoms with Crippen LogP contribution < -0.4 is 10.6 Å². The Hall–Kier alpha value is -1.32. The number of fused-ring (bicyclic) bond motifs is 1. The van der Waals surface area contributed by atoms with Gasteiger partial charge in [-0.2, -0.15) is 0 Å². The standard InChI is InChI=1S/C16H25N3/c1-5-12(10-17-3)16(18-4)15-11(2)19-14-9-7-6-8-13(14)15/h6-9,12,16-19H,5,10H2,1-4H3. The Morgan fingerprint density at radius 1 is 1.21 bits per heavy atom. The third kappa shape index (κ3) is 2.67. The number of aromatic nitrogens is 1. The molecule has 2 rings (SSSR count). The summed E-state index contributed by atoms with van der Waals surface area (Å²) in [5.41, 5.74) is 3.92. The average molecular weight is 259 g/mol. The van der Waals surface area contributed by atoms with Gasteiger partial charge in [0.2, 0.25) is 0 Å². The molecule has 0 radical (unpaired) electrons. The molecule has 19 heavy (non-hydrogen) atoms. The molecule has 0 bridgehead atoms. The fourth-order valence-electron chi connectivity index (χ4n) is 3.07. The predicted octanol–water partition coefficient (Wildman–Crippen LogP) is 2.98. The number of para-hydroxylation sites is 1. The van der Waals surface area contributed by atoms with Crippen molar-refractivity contribution in [1.29, 1.82) is 0 Å². The zero-order valence-corrected chi connectivity index (χ0v) is 12.4. The highest BCUT2D eigenvalue weighted by Crippen LogP contribution is 2.32. The Balaban J connectivity index is 2.47. The van der Waals surface area contributed by atoms with Gasteiger partial charge in [0.1, 0.15) is 0 Å². The molecule has 1 aromatic heterocycles. The predicted molar refractivity (Wildman–Crippen MR) is 82.5 cm³/mol. The molecule has 0 saturated heterocycles. The number of rotatable bonds is 6. The summed E-state index contributed by atoms with van der Waals surface area (Å²) >= 11 is 0. The summed E-state index contributed by atoms with van der Waals surface area (Å²) in [5, 5.41) is 8.17. The first-order valence-electron chi connectivity index (χ1n) is 7.12. The molecule has 3 nitrogen and oxygen atoms in total. The maximum absolute atomic E-state index is 3.51. The van der Waals surface area contributed by atoms with E-state index in [1.807, 2.05) is 7.05 Å². The van der Waals surface area contributed by atoms with E-state index in [2.05, 4.69) is 60.8 Å². The van der Waals surface area contributed by atoms with Gasteiger partial charge < -0.3 is 15.6 Å². The zero-order chi connectivity index (χ0) is 13.8. The first-order chi connectivity index (χ1) is 9.22. The van der Waals surface area contributed by atoms with Gasteiger partial charge in [0.25, 0.3) is 0 Å². The van der Waals surface area contributed by atoms with Crippen LogP contribution in [-0.4, -0.2) is 25.6 Å². The molecule has 1 heterocycles. The van der Waals surface area contributed by atoms with Crippen molar-refractivity contribution >= 4 is 10.9 Å². The van der Waals surface area contributed by atoms with Crippen LogP contribution in [0.25, 0.3) is 10.9 Å². The van der Waals surface area contributed by atoms with Crippen molar-refractivity contribution in [2.24, 2.45) is 5.92 Å². The summed E-state index contributed by atoms with van der Waals surface area (Å²) in [7, 11) is 4.08. The molecule has 3 heteroatoms. The maximum Gasteiger partial charge on any atom is 0.0459 e. The van der Waals surface area contributed by atoms with E-state index in [0.717, 1.165) is 13.0 Å². The van der Waals surface area contributed by atoms with E-state index in [4.69, 9.17) is 0 Å². The molecule has 0 aliphatic carbocycles. The Morgan fingerprint density at radius 3 is 2.58 bits per heavy atom. The van der Waals surface area contributed by atoms with Gasteiger partial charge in [-0.05, 0) is 45.1 Å². The highest BCUT2D eigenvalue weighted by molar-refractivity contribution is 5.85. The van der Waals surface area contributed by atoms with Crippen LogP contribution in [0.1, 0.15) is 30.6 Å². The average Bonchev–Trinajstić information content (AvgIpc) is 2.75. The summed E-state index contributed by atoms with van der Waals surface area (Å²) < 4.78 is 0. The molecule has 0 saturated carbocycles. The number of H-pyrrole nitrogens is 1. The largest absolute Gasteiger partial charge is 0.358 e. The minimum absolute atomic E-state index is 0.383. The van der Waals surface area contributed by atoms with Crippen LogP contribution in [0.3, 0.4) is 0 Å². The topological polar surface area (TPSA) is 39.8 Å². The second kappa shape index (κ2) is 6.22. The fourth-order valence-corrected chi connectivity index (χ4v) is 3.07. The molecule has 2 unspecified atom stereocenters. The van der Waals surface area contributed by atoms with Crippen LogP contribution in [0.5, 0.6) is 0 Å². The van der Waals surface area contributed by atoms with E-state index in [1.54, 1.807) is 0 Å². The van der Waals surface area contributed by atoms with Crippen LogP contribution >= 0.6 is 0 Å². The lowest BCUT2D eigenvalue weighted by atomic mass is 9.89. The third-order valence-corrected chi connectivity index (χ3v) is 4.03. The quantitative estimate of drug-likeness (QED) is 0.746. The number of benzene rings is 1. The van der Waals surface area contributed by atoms with Crippen molar-refractivity contribution in [2.45, 2.75) is 26.3 Å². The van der Waals surface area contributed by atoms with Crippen LogP contribution in [-0.2, 0) is 0 Å². The first-order valence-corrected chi connectivity index (χ1v) is 7.12. The highest BCUT2D eigenvalue weighted by Gasteiger charge is 2.24. The molecule has 2 atom stereocenters. The Labute approximate surface area is 115 Å². The Morgan fingerprint density at radius 2 is 1.95 bits per heavy atom. The molecule has 0 aliphatic rings. The lowest BCUT2D eigenvalue weighted by molar-refractivity contribution is 0.360. The van der Waals surface area contributed by atoms with Crippen molar-refractivity contribution in [1.82, 2.24) is 15.6 Å². The van der Waals surface area contributed by atoms with Gasteiger partial charge in [-0.1, -0.05) is 31.5 Å². The summed E-state index contributed by atoms with van der Waals surface area (Å²) in [6, 6.07) is 8.95. The molecule has 0 fully saturated rings. The van der Waals surface area contributed by atoms with E-state index in [1.165, 1.54) is 22.2 Å². The number of aromatic amines is 1. The molecule has 2 aromatic rings. The lowest BCUT2D eigenvalue weighted by Gasteiger charge is -2.26. The molecule has 104 valence electrons. The van der Waals surface area contributed by atoms with Gasteiger partial charge in [-0.3, -0.25) is 0 Å². The molecule has 0 aliphatic heterocycles. The molecule has 0 amide bonds. The van der Waals surface area contributed by atoms with Gasteiger partial charge in [0, 0.05) is 22.6 Å². The molecular formula is C16H25N3. The van der Waals surface area contributed by atoms with Gasteiger partial charge >= 0.3 is 0 Å². The monoisotopic (exact) mass is 259 g/mol. The molecule has 3 N–H and O–H groups in total. The highest BCUT2D eigenvalue weighted by atomic mass is 14.9.